The summed E-state index contributed by atoms with van der Waals surface area (Å²) in [5.41, 5.74) is 3.04. The lowest BCUT2D eigenvalue weighted by Gasteiger charge is -2.09. The van der Waals surface area contributed by atoms with E-state index in [-0.39, 0.29) is 5.75 Å². The van der Waals surface area contributed by atoms with Crippen molar-refractivity contribution in [3.05, 3.63) is 77.8 Å². The molecule has 0 unspecified atom stereocenters. The van der Waals surface area contributed by atoms with E-state index in [1.54, 1.807) is 12.1 Å². The molecule has 0 spiro atoms. The van der Waals surface area contributed by atoms with Crippen molar-refractivity contribution in [3.63, 3.8) is 0 Å². The van der Waals surface area contributed by atoms with Crippen molar-refractivity contribution in [1.82, 2.24) is 0 Å². The van der Waals surface area contributed by atoms with E-state index in [1.165, 1.54) is 0 Å². The Labute approximate surface area is 123 Å². The van der Waals surface area contributed by atoms with Crippen LogP contribution in [0, 0.1) is 0 Å². The van der Waals surface area contributed by atoms with Gasteiger partial charge in [0.25, 0.3) is 0 Å². The normalized spacial score (nSPS) is 10.4. The number of halogens is 1. The first-order chi connectivity index (χ1) is 9.75. The Morgan fingerprint density at radius 1 is 0.650 bits per heavy atom. The molecule has 0 aliphatic carbocycles. The highest BCUT2D eigenvalue weighted by Crippen LogP contribution is 2.40. The lowest BCUT2D eigenvalue weighted by molar-refractivity contribution is 0.358. The SMILES string of the molecule is [O]c1c(-c2ccccc2)cc(Cl)cc1-c1ccccc1. The van der Waals surface area contributed by atoms with Crippen LogP contribution in [0.3, 0.4) is 0 Å². The molecule has 97 valence electrons. The second-order valence-corrected chi connectivity index (χ2v) is 5.00. The van der Waals surface area contributed by atoms with Crippen LogP contribution in [0.25, 0.3) is 22.3 Å². The molecule has 1 nitrogen and oxygen atoms in total. The summed E-state index contributed by atoms with van der Waals surface area (Å²) in [5, 5.41) is 13.2. The predicted molar refractivity (Wildman–Crippen MR) is 82.5 cm³/mol. The second kappa shape index (κ2) is 5.40. The highest BCUT2D eigenvalue weighted by Gasteiger charge is 2.14. The van der Waals surface area contributed by atoms with E-state index < -0.39 is 0 Å². The molecule has 20 heavy (non-hydrogen) atoms. The van der Waals surface area contributed by atoms with Gasteiger partial charge in [0, 0.05) is 16.1 Å². The summed E-state index contributed by atoms with van der Waals surface area (Å²) < 4.78 is 0. The first kappa shape index (κ1) is 12.8. The summed E-state index contributed by atoms with van der Waals surface area (Å²) in [4.78, 5) is 0. The Balaban J connectivity index is 2.22. The van der Waals surface area contributed by atoms with Gasteiger partial charge in [-0.2, -0.15) is 0 Å². The summed E-state index contributed by atoms with van der Waals surface area (Å²) in [5.74, 6) is 0.00630. The molecule has 0 atom stereocenters. The molecule has 0 bridgehead atoms. The van der Waals surface area contributed by atoms with Gasteiger partial charge in [0.05, 0.1) is 0 Å². The topological polar surface area (TPSA) is 19.9 Å². The van der Waals surface area contributed by atoms with Crippen molar-refractivity contribution in [1.29, 1.82) is 0 Å². The lowest BCUT2D eigenvalue weighted by atomic mass is 9.97. The highest BCUT2D eigenvalue weighted by atomic mass is 35.5. The molecule has 0 fully saturated rings. The average Bonchev–Trinajstić information content (AvgIpc) is 2.51. The van der Waals surface area contributed by atoms with Crippen molar-refractivity contribution >= 4 is 11.6 Å². The zero-order chi connectivity index (χ0) is 13.9. The van der Waals surface area contributed by atoms with E-state index in [0.717, 1.165) is 11.1 Å². The maximum Gasteiger partial charge on any atom is 0.194 e. The minimum atomic E-state index is 0.00630. The van der Waals surface area contributed by atoms with E-state index >= 15 is 0 Å². The lowest BCUT2D eigenvalue weighted by Crippen LogP contribution is -1.84. The first-order valence-corrected chi connectivity index (χ1v) is 6.75. The second-order valence-electron chi connectivity index (χ2n) is 4.56. The molecule has 0 heterocycles. The Hall–Kier alpha value is -2.25. The van der Waals surface area contributed by atoms with Crippen molar-refractivity contribution in [2.24, 2.45) is 0 Å². The summed E-state index contributed by atoms with van der Waals surface area (Å²) >= 11 is 6.18. The van der Waals surface area contributed by atoms with Crippen LogP contribution in [0.4, 0.5) is 0 Å². The minimum absolute atomic E-state index is 0.00630. The highest BCUT2D eigenvalue weighted by molar-refractivity contribution is 6.31. The molecule has 1 radical (unpaired) electrons. The smallest absolute Gasteiger partial charge is 0.194 e. The number of benzene rings is 3. The van der Waals surface area contributed by atoms with Gasteiger partial charge >= 0.3 is 0 Å². The van der Waals surface area contributed by atoms with Crippen molar-refractivity contribution in [2.45, 2.75) is 0 Å². The Morgan fingerprint density at radius 2 is 1.05 bits per heavy atom. The van der Waals surface area contributed by atoms with Crippen LogP contribution in [0.2, 0.25) is 5.02 Å². The zero-order valence-corrected chi connectivity index (χ0v) is 11.5. The number of rotatable bonds is 2. The van der Waals surface area contributed by atoms with Crippen LogP contribution in [0.5, 0.6) is 5.75 Å². The maximum absolute atomic E-state index is 12.7. The minimum Gasteiger partial charge on any atom is -0.289 e. The number of hydrogen-bond acceptors (Lipinski definition) is 0. The van der Waals surface area contributed by atoms with Gasteiger partial charge in [0.1, 0.15) is 0 Å². The van der Waals surface area contributed by atoms with Gasteiger partial charge in [-0.25, -0.2) is 0 Å². The maximum atomic E-state index is 12.7. The van der Waals surface area contributed by atoms with E-state index in [9.17, 15) is 5.11 Å². The summed E-state index contributed by atoms with van der Waals surface area (Å²) in [6.07, 6.45) is 0. The molecule has 0 saturated carbocycles. The Bertz CT molecular complexity index is 660. The molecule has 0 aromatic heterocycles. The summed E-state index contributed by atoms with van der Waals surface area (Å²) in [6, 6.07) is 22.6. The van der Waals surface area contributed by atoms with E-state index in [0.29, 0.717) is 16.1 Å². The largest absolute Gasteiger partial charge is 0.289 e. The number of hydrogen-bond donors (Lipinski definition) is 0. The van der Waals surface area contributed by atoms with E-state index in [2.05, 4.69) is 0 Å². The fourth-order valence-electron chi connectivity index (χ4n) is 2.26. The van der Waals surface area contributed by atoms with Crippen molar-refractivity contribution in [2.75, 3.05) is 0 Å². The van der Waals surface area contributed by atoms with Gasteiger partial charge in [-0.1, -0.05) is 72.3 Å². The monoisotopic (exact) mass is 279 g/mol. The quantitative estimate of drug-likeness (QED) is 0.563. The molecular weight excluding hydrogens is 268 g/mol. The van der Waals surface area contributed by atoms with Crippen LogP contribution in [-0.4, -0.2) is 0 Å². The third-order valence-electron chi connectivity index (χ3n) is 3.22. The van der Waals surface area contributed by atoms with E-state index in [1.807, 2.05) is 60.7 Å². The standard InChI is InChI=1S/C18H12ClO/c19-15-11-16(13-7-3-1-4-8-13)18(20)17(12-15)14-9-5-2-6-10-14/h1-12H. The molecule has 0 aliphatic heterocycles. The molecular formula is C18H12ClO. The Kier molecular flexibility index (Phi) is 3.44. The van der Waals surface area contributed by atoms with Crippen LogP contribution in [0.15, 0.2) is 72.8 Å². The fourth-order valence-corrected chi connectivity index (χ4v) is 2.48. The van der Waals surface area contributed by atoms with Gasteiger partial charge in [0.15, 0.2) is 5.75 Å². The van der Waals surface area contributed by atoms with Crippen LogP contribution in [0.1, 0.15) is 0 Å². The van der Waals surface area contributed by atoms with Crippen LogP contribution >= 0.6 is 11.6 Å². The first-order valence-electron chi connectivity index (χ1n) is 6.37. The average molecular weight is 280 g/mol. The summed E-state index contributed by atoms with van der Waals surface area (Å²) in [7, 11) is 0. The van der Waals surface area contributed by atoms with Gasteiger partial charge in [-0.15, -0.1) is 0 Å². The van der Waals surface area contributed by atoms with Crippen LogP contribution in [-0.2, 0) is 5.11 Å². The van der Waals surface area contributed by atoms with Gasteiger partial charge in [0.2, 0.25) is 0 Å². The molecule has 0 amide bonds. The third kappa shape index (κ3) is 2.40. The molecule has 0 N–H and O–H groups in total. The van der Waals surface area contributed by atoms with Gasteiger partial charge < -0.3 is 0 Å². The van der Waals surface area contributed by atoms with E-state index in [4.69, 9.17) is 11.6 Å². The molecule has 3 rings (SSSR count). The fraction of sp³-hybridized carbons (Fsp3) is 0. The van der Waals surface area contributed by atoms with Crippen LogP contribution < -0.4 is 0 Å². The van der Waals surface area contributed by atoms with Gasteiger partial charge in [-0.3, -0.25) is 5.11 Å². The molecule has 3 aromatic carbocycles. The van der Waals surface area contributed by atoms with Gasteiger partial charge in [-0.05, 0) is 23.3 Å². The Morgan fingerprint density at radius 3 is 1.45 bits per heavy atom. The molecule has 0 aliphatic rings. The molecule has 3 aromatic rings. The predicted octanol–water partition coefficient (Wildman–Crippen LogP) is 5.82. The molecule has 0 saturated heterocycles. The summed E-state index contributed by atoms with van der Waals surface area (Å²) in [6.45, 7) is 0. The third-order valence-corrected chi connectivity index (χ3v) is 3.44. The molecule has 2 heteroatoms. The zero-order valence-electron chi connectivity index (χ0n) is 10.7. The van der Waals surface area contributed by atoms with Crippen molar-refractivity contribution in [3.8, 4) is 28.0 Å². The van der Waals surface area contributed by atoms with Crippen molar-refractivity contribution < 1.29 is 5.11 Å².